The maximum absolute atomic E-state index is 13.7. The van der Waals surface area contributed by atoms with Crippen molar-refractivity contribution in [3.05, 3.63) is 81.8 Å². The van der Waals surface area contributed by atoms with Gasteiger partial charge in [-0.3, -0.25) is 14.5 Å². The van der Waals surface area contributed by atoms with Gasteiger partial charge in [0.25, 0.3) is 0 Å². The second-order valence-corrected chi connectivity index (χ2v) is 13.3. The Morgan fingerprint density at radius 3 is 2.60 bits per heavy atom. The van der Waals surface area contributed by atoms with Crippen LogP contribution in [0.25, 0.3) is 0 Å². The number of hydrogen-bond donors (Lipinski definition) is 2. The van der Waals surface area contributed by atoms with Crippen molar-refractivity contribution in [3.8, 4) is 11.8 Å². The lowest BCUT2D eigenvalue weighted by atomic mass is 9.69. The van der Waals surface area contributed by atoms with Gasteiger partial charge in [-0.15, -0.1) is 10.2 Å². The Balaban J connectivity index is 1.41. The number of nitrogens with zero attached hydrogens (tertiary/aromatic N) is 4. The smallest absolute Gasteiger partial charge is 0.234 e. The third-order valence-corrected chi connectivity index (χ3v) is 9.24. The van der Waals surface area contributed by atoms with Crippen molar-refractivity contribution in [1.82, 2.24) is 10.2 Å². The number of carbonyl (C=O) groups is 2. The van der Waals surface area contributed by atoms with Crippen molar-refractivity contribution >= 4 is 57.2 Å². The zero-order valence-corrected chi connectivity index (χ0v) is 25.7. The van der Waals surface area contributed by atoms with E-state index in [4.69, 9.17) is 22.1 Å². The van der Waals surface area contributed by atoms with Crippen molar-refractivity contribution in [2.45, 2.75) is 43.9 Å². The van der Waals surface area contributed by atoms with E-state index < -0.39 is 5.92 Å². The Bertz CT molecular complexity index is 1620. The van der Waals surface area contributed by atoms with Crippen molar-refractivity contribution in [1.29, 1.82) is 5.26 Å². The van der Waals surface area contributed by atoms with E-state index in [0.29, 0.717) is 50.9 Å². The van der Waals surface area contributed by atoms with E-state index in [-0.39, 0.29) is 34.3 Å². The molecule has 1 aliphatic heterocycles. The summed E-state index contributed by atoms with van der Waals surface area (Å²) in [5.41, 5.74) is 9.33. The van der Waals surface area contributed by atoms with Gasteiger partial charge in [-0.25, -0.2) is 0 Å². The molecular weight excluding hydrogens is 592 g/mol. The first kappa shape index (κ1) is 29.6. The molecule has 1 atom stereocenters. The van der Waals surface area contributed by atoms with E-state index in [1.807, 2.05) is 32.9 Å². The molecule has 42 heavy (non-hydrogen) atoms. The molecule has 216 valence electrons. The second-order valence-electron chi connectivity index (χ2n) is 10.7. The molecule has 1 aliphatic carbocycles. The highest BCUT2D eigenvalue weighted by Gasteiger charge is 2.45. The van der Waals surface area contributed by atoms with Crippen LogP contribution in [0.1, 0.15) is 45.1 Å². The maximum Gasteiger partial charge on any atom is 0.234 e. The summed E-state index contributed by atoms with van der Waals surface area (Å²) in [5.74, 6) is 0.238. The van der Waals surface area contributed by atoms with E-state index in [1.54, 1.807) is 41.3 Å². The van der Waals surface area contributed by atoms with Crippen molar-refractivity contribution in [2.24, 2.45) is 11.1 Å². The van der Waals surface area contributed by atoms with Crippen LogP contribution in [0.2, 0.25) is 5.02 Å². The molecule has 2 aromatic carbocycles. The van der Waals surface area contributed by atoms with Crippen LogP contribution in [0, 0.1) is 16.7 Å². The molecule has 2 heterocycles. The van der Waals surface area contributed by atoms with Crippen LogP contribution in [0.4, 0.5) is 10.8 Å². The zero-order valence-electron chi connectivity index (χ0n) is 23.3. The van der Waals surface area contributed by atoms with Gasteiger partial charge >= 0.3 is 0 Å². The van der Waals surface area contributed by atoms with Gasteiger partial charge < -0.3 is 15.8 Å². The number of nitrogens with one attached hydrogen (secondary N) is 1. The lowest BCUT2D eigenvalue weighted by molar-refractivity contribution is -0.118. The van der Waals surface area contributed by atoms with Crippen LogP contribution < -0.4 is 20.7 Å². The molecule has 1 amide bonds. The van der Waals surface area contributed by atoms with Crippen molar-refractivity contribution in [2.75, 3.05) is 22.6 Å². The zero-order chi connectivity index (χ0) is 30.0. The van der Waals surface area contributed by atoms with Gasteiger partial charge in [0, 0.05) is 28.4 Å². The fourth-order valence-electron chi connectivity index (χ4n) is 5.19. The minimum atomic E-state index is -0.602. The van der Waals surface area contributed by atoms with Gasteiger partial charge in [0.1, 0.15) is 11.6 Å². The molecule has 12 heteroatoms. The van der Waals surface area contributed by atoms with Crippen molar-refractivity contribution < 1.29 is 14.3 Å². The summed E-state index contributed by atoms with van der Waals surface area (Å²) >= 11 is 8.62. The molecule has 5 rings (SSSR count). The Labute approximate surface area is 257 Å². The number of carbonyl (C=O) groups excluding carboxylic acids is 2. The van der Waals surface area contributed by atoms with E-state index in [0.717, 1.165) is 11.3 Å². The third-order valence-electron chi connectivity index (χ3n) is 6.95. The lowest BCUT2D eigenvalue weighted by Crippen LogP contribution is -2.42. The number of benzene rings is 2. The van der Waals surface area contributed by atoms with Crippen LogP contribution in [0.3, 0.4) is 0 Å². The first-order chi connectivity index (χ1) is 20.1. The number of nitrogens with two attached hydrogens (primary N) is 1. The summed E-state index contributed by atoms with van der Waals surface area (Å²) in [7, 11) is 0. The maximum atomic E-state index is 13.7. The van der Waals surface area contributed by atoms with Gasteiger partial charge in [0.2, 0.25) is 11.0 Å². The largest absolute Gasteiger partial charge is 0.494 e. The minimum absolute atomic E-state index is 0.0310. The molecule has 3 aromatic rings. The number of anilines is 2. The van der Waals surface area contributed by atoms with Gasteiger partial charge in [0.15, 0.2) is 10.1 Å². The van der Waals surface area contributed by atoms with E-state index in [1.165, 1.54) is 23.1 Å². The number of nitriles is 1. The summed E-state index contributed by atoms with van der Waals surface area (Å²) in [6.07, 6.45) is 0.910. The molecule has 9 nitrogen and oxygen atoms in total. The fourth-order valence-corrected chi connectivity index (χ4v) is 7.00. The number of Topliss-reactive ketones (excluding diaryl/α,β-unsaturated/α-hetero) is 1. The fraction of sp³-hybridized carbons (Fsp3) is 0.300. The summed E-state index contributed by atoms with van der Waals surface area (Å²) in [6.45, 7) is 6.55. The van der Waals surface area contributed by atoms with Crippen LogP contribution in [-0.2, 0) is 9.59 Å². The third kappa shape index (κ3) is 6.16. The van der Waals surface area contributed by atoms with Crippen LogP contribution in [-0.4, -0.2) is 34.2 Å². The lowest BCUT2D eigenvalue weighted by Gasteiger charge is -2.42. The van der Waals surface area contributed by atoms with E-state index in [2.05, 4.69) is 21.6 Å². The number of hydrogen-bond acceptors (Lipinski definition) is 10. The normalized spacial score (nSPS) is 18.0. The molecule has 0 fully saturated rings. The highest BCUT2D eigenvalue weighted by atomic mass is 35.5. The average molecular weight is 621 g/mol. The number of amides is 1. The summed E-state index contributed by atoms with van der Waals surface area (Å²) in [5, 5.41) is 22.7. The number of aromatic nitrogens is 2. The topological polar surface area (TPSA) is 134 Å². The Kier molecular flexibility index (Phi) is 8.59. The van der Waals surface area contributed by atoms with Gasteiger partial charge in [-0.2, -0.15) is 5.26 Å². The molecule has 2 aliphatic rings. The Hall–Kier alpha value is -3.85. The summed E-state index contributed by atoms with van der Waals surface area (Å²) in [4.78, 5) is 27.9. The molecule has 1 aromatic heterocycles. The van der Waals surface area contributed by atoms with E-state index >= 15 is 0 Å². The van der Waals surface area contributed by atoms with Crippen LogP contribution >= 0.6 is 34.7 Å². The first-order valence-electron chi connectivity index (χ1n) is 13.3. The van der Waals surface area contributed by atoms with Gasteiger partial charge in [-0.1, -0.05) is 60.7 Å². The molecule has 1 unspecified atom stereocenters. The van der Waals surface area contributed by atoms with Crippen LogP contribution in [0.15, 0.2) is 75.5 Å². The van der Waals surface area contributed by atoms with E-state index in [9.17, 15) is 14.9 Å². The van der Waals surface area contributed by atoms with Gasteiger partial charge in [0.05, 0.1) is 29.9 Å². The molecular formula is C30H29ClN6O3S2. The van der Waals surface area contributed by atoms with Crippen molar-refractivity contribution in [3.63, 3.8) is 0 Å². The molecule has 3 N–H and O–H groups in total. The SMILES string of the molecule is CCOc1ccc(NC(=O)CSc2nnc(N3C(N)=C(C#N)C(c4ccc(Cl)cc4)C4=C3CC(C)(C)CC4=O)s2)cc1. The Morgan fingerprint density at radius 1 is 1.21 bits per heavy atom. The second kappa shape index (κ2) is 12.2. The first-order valence-corrected chi connectivity index (χ1v) is 15.5. The predicted octanol–water partition coefficient (Wildman–Crippen LogP) is 6.26. The number of thioether (sulfide) groups is 1. The Morgan fingerprint density at radius 2 is 1.93 bits per heavy atom. The summed E-state index contributed by atoms with van der Waals surface area (Å²) in [6, 6.07) is 16.5. The average Bonchev–Trinajstić information content (AvgIpc) is 3.41. The molecule has 0 saturated carbocycles. The molecule has 0 bridgehead atoms. The quantitative estimate of drug-likeness (QED) is 0.280. The molecule has 0 spiro atoms. The number of allylic oxidation sites excluding steroid dienone is 3. The number of rotatable bonds is 8. The number of halogens is 1. The minimum Gasteiger partial charge on any atom is -0.494 e. The highest BCUT2D eigenvalue weighted by molar-refractivity contribution is 8.01. The summed E-state index contributed by atoms with van der Waals surface area (Å²) < 4.78 is 5.99. The highest BCUT2D eigenvalue weighted by Crippen LogP contribution is 2.50. The molecule has 0 radical (unpaired) electrons. The number of ketones is 1. The predicted molar refractivity (Wildman–Crippen MR) is 165 cm³/mol. The standard InChI is InChI=1S/C30H29ClN6O3S2/c1-4-40-20-11-9-19(10-12-20)34-24(39)16-41-29-36-35-28(42-29)37-22-13-30(2,3)14-23(38)26(22)25(21(15-32)27(37)33)17-5-7-18(31)8-6-17/h5-12,25H,4,13-14,16,33H2,1-3H3,(H,34,39). The van der Waals surface area contributed by atoms with Crippen LogP contribution in [0.5, 0.6) is 5.75 Å². The molecule has 0 saturated heterocycles. The number of ether oxygens (including phenoxy) is 1. The monoisotopic (exact) mass is 620 g/mol. The van der Waals surface area contributed by atoms with Gasteiger partial charge in [-0.05, 0) is 60.7 Å².